The van der Waals surface area contributed by atoms with Crippen LogP contribution in [0.2, 0.25) is 0 Å². The Hall–Kier alpha value is -5.86. The third-order valence-corrected chi connectivity index (χ3v) is 9.48. The van der Waals surface area contributed by atoms with Crippen LogP contribution in [0.25, 0.3) is 11.1 Å². The molecule has 1 unspecified atom stereocenters. The first-order chi connectivity index (χ1) is 22.7. The summed E-state index contributed by atoms with van der Waals surface area (Å²) in [5.74, 6) is 4.06. The summed E-state index contributed by atoms with van der Waals surface area (Å²) in [6, 6.07) is 35.6. The molecule has 2 aliphatic carbocycles. The van der Waals surface area contributed by atoms with Crippen molar-refractivity contribution in [2.24, 2.45) is 5.92 Å². The highest BCUT2D eigenvalue weighted by molar-refractivity contribution is 5.84. The van der Waals surface area contributed by atoms with Gasteiger partial charge in [-0.05, 0) is 96.0 Å². The minimum Gasteiger partial charge on any atom is -0.457 e. The van der Waals surface area contributed by atoms with Crippen molar-refractivity contribution in [1.82, 2.24) is 4.98 Å². The van der Waals surface area contributed by atoms with E-state index in [0.29, 0.717) is 11.5 Å². The zero-order valence-electron chi connectivity index (χ0n) is 25.1. The van der Waals surface area contributed by atoms with Crippen molar-refractivity contribution >= 4 is 11.4 Å². The molecule has 46 heavy (non-hydrogen) atoms. The first-order valence-corrected chi connectivity index (χ1v) is 15.8. The minimum atomic E-state index is 0.227. The molecule has 5 heteroatoms. The maximum absolute atomic E-state index is 10.6. The Bertz CT molecular complexity index is 2190. The first kappa shape index (κ1) is 26.5. The Kier molecular flexibility index (Phi) is 6.14. The number of para-hydroxylation sites is 4. The van der Waals surface area contributed by atoms with E-state index < -0.39 is 0 Å². The molecule has 5 nitrogen and oxygen atoms in total. The Morgan fingerprint density at radius 3 is 2.46 bits per heavy atom. The maximum Gasteiger partial charge on any atom is 0.155 e. The zero-order chi connectivity index (χ0) is 30.6. The Morgan fingerprint density at radius 1 is 0.804 bits per heavy atom. The van der Waals surface area contributed by atoms with Crippen molar-refractivity contribution in [2.45, 2.75) is 25.2 Å². The van der Waals surface area contributed by atoms with E-state index in [4.69, 9.17) is 9.47 Å². The van der Waals surface area contributed by atoms with Crippen LogP contribution in [-0.2, 0) is 12.8 Å². The van der Waals surface area contributed by atoms with Gasteiger partial charge in [0.1, 0.15) is 17.6 Å². The molecule has 4 aromatic carbocycles. The number of nitrogens with zero attached hydrogens (tertiary/aromatic N) is 3. The lowest BCUT2D eigenvalue weighted by Gasteiger charge is -2.35. The summed E-state index contributed by atoms with van der Waals surface area (Å²) >= 11 is 0. The molecule has 0 fully saturated rings. The number of allylic oxidation sites excluding steroid dienone is 4. The quantitative estimate of drug-likeness (QED) is 0.208. The van der Waals surface area contributed by atoms with Crippen LogP contribution in [0.1, 0.15) is 34.6 Å². The first-order valence-electron chi connectivity index (χ1n) is 15.8. The van der Waals surface area contributed by atoms with Crippen LogP contribution < -0.4 is 14.4 Å². The largest absolute Gasteiger partial charge is 0.457 e. The number of hydrogen-bond acceptors (Lipinski definition) is 5. The van der Waals surface area contributed by atoms with E-state index in [0.717, 1.165) is 70.5 Å². The molecular weight excluding hydrogens is 566 g/mol. The molecule has 4 aliphatic rings. The number of nitriles is 1. The van der Waals surface area contributed by atoms with Crippen molar-refractivity contribution in [1.29, 1.82) is 5.26 Å². The molecule has 9 rings (SSSR count). The van der Waals surface area contributed by atoms with Crippen LogP contribution in [0.3, 0.4) is 0 Å². The van der Waals surface area contributed by atoms with Gasteiger partial charge in [-0.2, -0.15) is 5.26 Å². The molecule has 0 spiro atoms. The molecule has 1 aromatic heterocycles. The van der Waals surface area contributed by atoms with Crippen molar-refractivity contribution in [3.63, 3.8) is 0 Å². The second-order valence-corrected chi connectivity index (χ2v) is 12.2. The average Bonchev–Trinajstić information content (AvgIpc) is 3.90. The molecule has 2 atom stereocenters. The molecule has 2 aliphatic heterocycles. The van der Waals surface area contributed by atoms with E-state index in [2.05, 4.69) is 88.8 Å². The average molecular weight is 596 g/mol. The van der Waals surface area contributed by atoms with Gasteiger partial charge >= 0.3 is 0 Å². The van der Waals surface area contributed by atoms with Crippen LogP contribution in [0.4, 0.5) is 11.4 Å². The van der Waals surface area contributed by atoms with Gasteiger partial charge in [-0.3, -0.25) is 4.98 Å². The van der Waals surface area contributed by atoms with Gasteiger partial charge in [-0.15, -0.1) is 0 Å². The summed E-state index contributed by atoms with van der Waals surface area (Å²) in [6.45, 7) is 0. The molecule has 3 heterocycles. The third-order valence-electron chi connectivity index (χ3n) is 9.48. The SMILES string of the molecule is N#Cc1cc(-c2cnccc2C2CCc3ccccc3Oc3ccccc3C2)ccc1N1C2=C(Oc3ccccc31)C1=C[C@H]1C=C2. The van der Waals surface area contributed by atoms with Gasteiger partial charge in [-0.1, -0.05) is 66.7 Å². The number of aromatic nitrogens is 1. The molecule has 0 radical (unpaired) electrons. The molecular formula is C41H29N3O2. The summed E-state index contributed by atoms with van der Waals surface area (Å²) in [7, 11) is 0. The van der Waals surface area contributed by atoms with Gasteiger partial charge < -0.3 is 14.4 Å². The maximum atomic E-state index is 10.6. The summed E-state index contributed by atoms with van der Waals surface area (Å²) in [5.41, 5.74) is 10.2. The minimum absolute atomic E-state index is 0.227. The van der Waals surface area contributed by atoms with Gasteiger partial charge in [-0.25, -0.2) is 0 Å². The summed E-state index contributed by atoms with van der Waals surface area (Å²) < 4.78 is 12.8. The predicted molar refractivity (Wildman–Crippen MR) is 179 cm³/mol. The summed E-state index contributed by atoms with van der Waals surface area (Å²) in [5, 5.41) is 10.6. The highest BCUT2D eigenvalue weighted by Crippen LogP contribution is 2.51. The summed E-state index contributed by atoms with van der Waals surface area (Å²) in [6.07, 6.45) is 13.1. The van der Waals surface area contributed by atoms with E-state index in [1.165, 1.54) is 22.3 Å². The van der Waals surface area contributed by atoms with E-state index in [-0.39, 0.29) is 5.92 Å². The number of rotatable bonds is 3. The van der Waals surface area contributed by atoms with E-state index in [1.54, 1.807) is 0 Å². The fourth-order valence-corrected chi connectivity index (χ4v) is 7.12. The van der Waals surface area contributed by atoms with Gasteiger partial charge in [0.25, 0.3) is 0 Å². The van der Waals surface area contributed by atoms with E-state index >= 15 is 0 Å². The van der Waals surface area contributed by atoms with Crippen molar-refractivity contribution in [2.75, 3.05) is 4.90 Å². The predicted octanol–water partition coefficient (Wildman–Crippen LogP) is 9.55. The van der Waals surface area contributed by atoms with E-state index in [9.17, 15) is 5.26 Å². The number of pyridine rings is 1. The number of anilines is 2. The van der Waals surface area contributed by atoms with Crippen LogP contribution in [-0.4, -0.2) is 4.98 Å². The van der Waals surface area contributed by atoms with Crippen LogP contribution in [0, 0.1) is 17.2 Å². The molecule has 0 bridgehead atoms. The van der Waals surface area contributed by atoms with Gasteiger partial charge in [0, 0.05) is 29.4 Å². The fourth-order valence-electron chi connectivity index (χ4n) is 7.12. The van der Waals surface area contributed by atoms with E-state index in [1.807, 2.05) is 54.9 Å². The lowest BCUT2D eigenvalue weighted by Crippen LogP contribution is -2.25. The van der Waals surface area contributed by atoms with Gasteiger partial charge in [0.05, 0.1) is 22.6 Å². The standard InChI is InChI=1S/C41H29N3O2/c42-24-31-22-28(15-17-35(31)44-36-9-3-6-12-40(36)46-41-33-23-29(33)16-18-37(41)44)34-25-43-20-19-32(34)27-14-13-26-7-1-4-10-38(26)45-39-11-5-2-8-30(39)21-27/h1-12,15-20,22-23,25,27,29H,13-14,21H2/t27?,29-/m1/s1. The molecule has 0 amide bonds. The highest BCUT2D eigenvalue weighted by atomic mass is 16.5. The molecule has 0 N–H and O–H groups in total. The number of aryl methyl sites for hydroxylation is 1. The molecule has 0 saturated carbocycles. The Morgan fingerprint density at radius 2 is 1.59 bits per heavy atom. The second kappa shape index (κ2) is 10.6. The van der Waals surface area contributed by atoms with Gasteiger partial charge in [0.2, 0.25) is 0 Å². The molecule has 220 valence electrons. The normalized spacial score (nSPS) is 18.8. The van der Waals surface area contributed by atoms with Crippen LogP contribution in [0.5, 0.6) is 17.2 Å². The Labute approximate surface area is 268 Å². The monoisotopic (exact) mass is 595 g/mol. The Balaban J connectivity index is 1.13. The fraction of sp³-hybridized carbons (Fsp3) is 0.122. The molecule has 0 saturated heterocycles. The highest BCUT2D eigenvalue weighted by Gasteiger charge is 2.38. The summed E-state index contributed by atoms with van der Waals surface area (Å²) in [4.78, 5) is 6.73. The molecule has 5 aromatic rings. The zero-order valence-corrected chi connectivity index (χ0v) is 25.1. The van der Waals surface area contributed by atoms with Crippen molar-refractivity contribution < 1.29 is 9.47 Å². The van der Waals surface area contributed by atoms with Crippen molar-refractivity contribution in [3.8, 4) is 34.4 Å². The smallest absolute Gasteiger partial charge is 0.155 e. The third kappa shape index (κ3) is 4.42. The van der Waals surface area contributed by atoms with Crippen LogP contribution >= 0.6 is 0 Å². The van der Waals surface area contributed by atoms with Crippen LogP contribution in [0.15, 0.2) is 145 Å². The number of benzene rings is 4. The number of ether oxygens (including phenoxy) is 2. The topological polar surface area (TPSA) is 58.4 Å². The van der Waals surface area contributed by atoms with Crippen molar-refractivity contribution in [3.05, 3.63) is 167 Å². The second-order valence-electron chi connectivity index (χ2n) is 12.2. The number of fused-ring (bicyclic) bond motifs is 5. The van der Waals surface area contributed by atoms with Gasteiger partial charge in [0.15, 0.2) is 11.5 Å². The lowest BCUT2D eigenvalue weighted by molar-refractivity contribution is 0.422. The number of hydrogen-bond donors (Lipinski definition) is 0. The lowest BCUT2D eigenvalue weighted by atomic mass is 9.83.